The summed E-state index contributed by atoms with van der Waals surface area (Å²) < 4.78 is 5.39. The lowest BCUT2D eigenvalue weighted by Gasteiger charge is -2.32. The van der Waals surface area contributed by atoms with Crippen molar-refractivity contribution in [1.29, 1.82) is 0 Å². The topological polar surface area (TPSA) is 78.5 Å². The van der Waals surface area contributed by atoms with Gasteiger partial charge >= 0.3 is 0 Å². The summed E-state index contributed by atoms with van der Waals surface area (Å²) in [6.07, 6.45) is 2.02. The maximum atomic E-state index is 11.6. The molecule has 0 amide bonds. The van der Waals surface area contributed by atoms with Crippen LogP contribution in [0.2, 0.25) is 0 Å². The van der Waals surface area contributed by atoms with Crippen molar-refractivity contribution in [1.82, 2.24) is 9.97 Å². The molecule has 1 aliphatic carbocycles. The minimum Gasteiger partial charge on any atom is -0.394 e. The molecule has 2 aliphatic rings. The first-order chi connectivity index (χ1) is 8.76. The monoisotopic (exact) mass is 251 g/mol. The van der Waals surface area contributed by atoms with Gasteiger partial charge in [-0.05, 0) is 12.8 Å². The molecule has 2 fully saturated rings. The lowest BCUT2D eigenvalue weighted by Crippen LogP contribution is -2.44. The van der Waals surface area contributed by atoms with Crippen LogP contribution >= 0.6 is 0 Å². The van der Waals surface area contributed by atoms with Gasteiger partial charge in [-0.1, -0.05) is 0 Å². The molecule has 0 spiro atoms. The van der Waals surface area contributed by atoms with Crippen molar-refractivity contribution in [2.45, 2.75) is 24.9 Å². The number of hydrogen-bond donors (Lipinski definition) is 2. The van der Waals surface area contributed by atoms with Crippen molar-refractivity contribution >= 4 is 5.82 Å². The van der Waals surface area contributed by atoms with Gasteiger partial charge < -0.3 is 19.7 Å². The van der Waals surface area contributed by atoms with Gasteiger partial charge in [-0.25, -0.2) is 4.98 Å². The SMILES string of the molecule is O=c1cc(N2CCOC(CO)C2)nc(C2CC2)[nH]1. The molecule has 3 rings (SSSR count). The van der Waals surface area contributed by atoms with Gasteiger partial charge in [-0.15, -0.1) is 0 Å². The Morgan fingerprint density at radius 3 is 3.11 bits per heavy atom. The van der Waals surface area contributed by atoms with E-state index in [1.165, 1.54) is 6.07 Å². The number of aliphatic hydroxyl groups excluding tert-OH is 1. The van der Waals surface area contributed by atoms with Crippen LogP contribution in [0.1, 0.15) is 24.6 Å². The number of ether oxygens (including phenoxy) is 1. The van der Waals surface area contributed by atoms with Crippen LogP contribution in [0, 0.1) is 0 Å². The van der Waals surface area contributed by atoms with E-state index in [0.717, 1.165) is 18.7 Å². The summed E-state index contributed by atoms with van der Waals surface area (Å²) in [6.45, 7) is 1.84. The van der Waals surface area contributed by atoms with E-state index in [0.29, 0.717) is 31.4 Å². The summed E-state index contributed by atoms with van der Waals surface area (Å²) in [5.41, 5.74) is -0.103. The van der Waals surface area contributed by atoms with Crippen LogP contribution in [-0.2, 0) is 4.74 Å². The molecule has 1 saturated carbocycles. The van der Waals surface area contributed by atoms with E-state index in [1.54, 1.807) is 0 Å². The third-order valence-electron chi connectivity index (χ3n) is 3.38. The van der Waals surface area contributed by atoms with Crippen molar-refractivity contribution in [2.24, 2.45) is 0 Å². The second-order valence-corrected chi connectivity index (χ2v) is 4.88. The number of H-pyrrole nitrogens is 1. The number of rotatable bonds is 3. The van der Waals surface area contributed by atoms with Crippen molar-refractivity contribution < 1.29 is 9.84 Å². The Morgan fingerprint density at radius 2 is 2.39 bits per heavy atom. The van der Waals surface area contributed by atoms with E-state index >= 15 is 0 Å². The lowest BCUT2D eigenvalue weighted by molar-refractivity contribution is 0.00334. The Morgan fingerprint density at radius 1 is 1.56 bits per heavy atom. The molecule has 2 heterocycles. The minimum absolute atomic E-state index is 0.00479. The molecule has 6 heteroatoms. The van der Waals surface area contributed by atoms with Crippen LogP contribution in [0.4, 0.5) is 5.82 Å². The smallest absolute Gasteiger partial charge is 0.252 e. The van der Waals surface area contributed by atoms with Gasteiger partial charge in [-0.3, -0.25) is 4.79 Å². The number of nitrogens with zero attached hydrogens (tertiary/aromatic N) is 2. The number of aliphatic hydroxyl groups is 1. The van der Waals surface area contributed by atoms with Crippen LogP contribution in [0.15, 0.2) is 10.9 Å². The van der Waals surface area contributed by atoms with Gasteiger partial charge in [0.05, 0.1) is 19.3 Å². The maximum Gasteiger partial charge on any atom is 0.252 e. The van der Waals surface area contributed by atoms with Crippen LogP contribution in [0.5, 0.6) is 0 Å². The normalized spacial score (nSPS) is 24.3. The Kier molecular flexibility index (Phi) is 3.05. The molecule has 1 aromatic rings. The van der Waals surface area contributed by atoms with E-state index in [9.17, 15) is 4.79 Å². The second kappa shape index (κ2) is 4.70. The van der Waals surface area contributed by atoms with Crippen molar-refractivity contribution in [3.63, 3.8) is 0 Å². The molecule has 2 N–H and O–H groups in total. The van der Waals surface area contributed by atoms with E-state index < -0.39 is 0 Å². The van der Waals surface area contributed by atoms with Crippen LogP contribution in [0.3, 0.4) is 0 Å². The zero-order chi connectivity index (χ0) is 12.5. The van der Waals surface area contributed by atoms with Gasteiger partial charge in [0.2, 0.25) is 0 Å². The fraction of sp³-hybridized carbons (Fsp3) is 0.667. The van der Waals surface area contributed by atoms with Crippen LogP contribution in [0.25, 0.3) is 0 Å². The molecule has 98 valence electrons. The minimum atomic E-state index is -0.191. The first-order valence-corrected chi connectivity index (χ1v) is 6.35. The summed E-state index contributed by atoms with van der Waals surface area (Å²) in [7, 11) is 0. The highest BCUT2D eigenvalue weighted by atomic mass is 16.5. The average molecular weight is 251 g/mol. The number of nitrogens with one attached hydrogen (secondary N) is 1. The summed E-state index contributed by atoms with van der Waals surface area (Å²) in [6, 6.07) is 1.52. The molecule has 1 aliphatic heterocycles. The summed E-state index contributed by atoms with van der Waals surface area (Å²) in [5, 5.41) is 9.12. The standard InChI is InChI=1S/C12H17N3O3/c16-7-9-6-15(3-4-18-9)10-5-11(17)14-12(13-10)8-1-2-8/h5,8-9,16H,1-4,6-7H2,(H,13,14,17). The van der Waals surface area contributed by atoms with Gasteiger partial charge in [0.25, 0.3) is 5.56 Å². The Labute approximate surface area is 105 Å². The van der Waals surface area contributed by atoms with E-state index in [4.69, 9.17) is 9.84 Å². The predicted octanol–water partition coefficient (Wildman–Crippen LogP) is -0.155. The lowest BCUT2D eigenvalue weighted by atomic mass is 10.3. The number of anilines is 1. The van der Waals surface area contributed by atoms with Gasteiger partial charge in [0.1, 0.15) is 11.6 Å². The van der Waals surface area contributed by atoms with Crippen molar-refractivity contribution in [3.05, 3.63) is 22.2 Å². The quantitative estimate of drug-likeness (QED) is 0.780. The number of aromatic amines is 1. The highest BCUT2D eigenvalue weighted by Gasteiger charge is 2.28. The first kappa shape index (κ1) is 11.7. The zero-order valence-electron chi connectivity index (χ0n) is 10.1. The van der Waals surface area contributed by atoms with Gasteiger partial charge in [-0.2, -0.15) is 0 Å². The van der Waals surface area contributed by atoms with Gasteiger partial charge in [0.15, 0.2) is 0 Å². The van der Waals surface area contributed by atoms with Crippen LogP contribution in [-0.4, -0.2) is 47.5 Å². The first-order valence-electron chi connectivity index (χ1n) is 6.35. The highest BCUT2D eigenvalue weighted by molar-refractivity contribution is 5.38. The molecule has 18 heavy (non-hydrogen) atoms. The fourth-order valence-corrected chi connectivity index (χ4v) is 2.21. The number of hydrogen-bond acceptors (Lipinski definition) is 5. The summed E-state index contributed by atoms with van der Waals surface area (Å²) in [4.78, 5) is 21.0. The van der Waals surface area contributed by atoms with Crippen LogP contribution < -0.4 is 10.5 Å². The van der Waals surface area contributed by atoms with E-state index in [-0.39, 0.29) is 18.3 Å². The largest absolute Gasteiger partial charge is 0.394 e. The molecular weight excluding hydrogens is 234 g/mol. The Bertz CT molecular complexity index is 484. The molecule has 0 aromatic carbocycles. The Balaban J connectivity index is 1.84. The molecule has 0 radical (unpaired) electrons. The fourth-order valence-electron chi connectivity index (χ4n) is 2.21. The zero-order valence-corrected chi connectivity index (χ0v) is 10.1. The van der Waals surface area contributed by atoms with Gasteiger partial charge in [0, 0.05) is 25.1 Å². The molecule has 6 nitrogen and oxygen atoms in total. The molecule has 1 atom stereocenters. The predicted molar refractivity (Wildman–Crippen MR) is 65.9 cm³/mol. The van der Waals surface area contributed by atoms with E-state index in [1.807, 2.05) is 4.90 Å². The average Bonchev–Trinajstić information content (AvgIpc) is 3.22. The molecule has 1 unspecified atom stereocenters. The number of aromatic nitrogens is 2. The second-order valence-electron chi connectivity index (χ2n) is 4.88. The third kappa shape index (κ3) is 2.39. The maximum absolute atomic E-state index is 11.6. The van der Waals surface area contributed by atoms with Crippen molar-refractivity contribution in [3.8, 4) is 0 Å². The summed E-state index contributed by atoms with van der Waals surface area (Å²) >= 11 is 0. The third-order valence-corrected chi connectivity index (χ3v) is 3.38. The number of morpholine rings is 1. The van der Waals surface area contributed by atoms with E-state index in [2.05, 4.69) is 9.97 Å². The van der Waals surface area contributed by atoms with Crippen molar-refractivity contribution in [2.75, 3.05) is 31.2 Å². The molecule has 1 aromatic heterocycles. The Hall–Kier alpha value is -1.40. The molecule has 0 bridgehead atoms. The summed E-state index contributed by atoms with van der Waals surface area (Å²) in [5.74, 6) is 1.92. The highest BCUT2D eigenvalue weighted by Crippen LogP contribution is 2.37. The molecule has 1 saturated heterocycles. The molecular formula is C12H17N3O3.